The van der Waals surface area contributed by atoms with E-state index in [1.165, 1.54) is 5.39 Å². The molecule has 0 amide bonds. The van der Waals surface area contributed by atoms with E-state index in [-0.39, 0.29) is 0 Å². The van der Waals surface area contributed by atoms with Crippen LogP contribution in [0.3, 0.4) is 0 Å². The Labute approximate surface area is 335 Å². The van der Waals surface area contributed by atoms with Crippen LogP contribution in [0.2, 0.25) is 0 Å². The van der Waals surface area contributed by atoms with E-state index in [4.69, 9.17) is 24.9 Å². The molecule has 0 aliphatic carbocycles. The van der Waals surface area contributed by atoms with Gasteiger partial charge in [0.25, 0.3) is 0 Å². The average molecular weight is 755 g/mol. The highest BCUT2D eigenvalue weighted by molar-refractivity contribution is 6.14. The van der Waals surface area contributed by atoms with Crippen molar-refractivity contribution >= 4 is 87.5 Å². The molecule has 0 aliphatic heterocycles. The van der Waals surface area contributed by atoms with Crippen LogP contribution in [0.25, 0.3) is 116 Å². The molecule has 0 saturated heterocycles. The third kappa shape index (κ3) is 4.56. The summed E-state index contributed by atoms with van der Waals surface area (Å²) in [6.07, 6.45) is 3.67. The van der Waals surface area contributed by atoms with Crippen molar-refractivity contribution in [2.24, 2.45) is 0 Å². The molecule has 13 aromatic rings. The summed E-state index contributed by atoms with van der Waals surface area (Å²) in [4.78, 5) is 26.2. The molecular formula is C51H30N8. The highest BCUT2D eigenvalue weighted by Gasteiger charge is 2.22. The lowest BCUT2D eigenvalue weighted by molar-refractivity contribution is 0.997. The van der Waals surface area contributed by atoms with Gasteiger partial charge in [-0.05, 0) is 84.9 Å². The van der Waals surface area contributed by atoms with E-state index in [9.17, 15) is 0 Å². The van der Waals surface area contributed by atoms with Crippen molar-refractivity contribution in [2.45, 2.75) is 0 Å². The number of hydrogen-bond acceptors (Lipinski definition) is 5. The molecule has 7 aromatic heterocycles. The molecule has 0 bridgehead atoms. The van der Waals surface area contributed by atoms with E-state index in [0.29, 0.717) is 5.95 Å². The van der Waals surface area contributed by atoms with Gasteiger partial charge >= 0.3 is 0 Å². The van der Waals surface area contributed by atoms with E-state index >= 15 is 0 Å². The Balaban J connectivity index is 1.13. The molecule has 8 nitrogen and oxygen atoms in total. The van der Waals surface area contributed by atoms with Gasteiger partial charge in [-0.1, -0.05) is 84.9 Å². The Morgan fingerprint density at radius 3 is 1.66 bits per heavy atom. The fourth-order valence-corrected chi connectivity index (χ4v) is 9.20. The second kappa shape index (κ2) is 12.1. The summed E-state index contributed by atoms with van der Waals surface area (Å²) in [5, 5.41) is 8.55. The molecule has 0 fully saturated rings. The van der Waals surface area contributed by atoms with Gasteiger partial charge < -0.3 is 4.57 Å². The number of fused-ring (bicyclic) bond motifs is 12. The number of benzene rings is 6. The lowest BCUT2D eigenvalue weighted by Crippen LogP contribution is -2.05. The quantitative estimate of drug-likeness (QED) is 0.167. The summed E-state index contributed by atoms with van der Waals surface area (Å²) in [5.41, 5.74) is 10.4. The van der Waals surface area contributed by atoms with Crippen molar-refractivity contribution < 1.29 is 0 Å². The third-order valence-electron chi connectivity index (χ3n) is 11.8. The van der Waals surface area contributed by atoms with Crippen molar-refractivity contribution in [3.05, 3.63) is 182 Å². The summed E-state index contributed by atoms with van der Waals surface area (Å²) < 4.78 is 6.58. The van der Waals surface area contributed by atoms with Crippen molar-refractivity contribution in [3.63, 3.8) is 0 Å². The standard InChI is InChI=1S/C51H30N8/c1-2-12-33(13-3-1)57-41-19-7-6-16-36(41)40-30-32(23-26-44(40)57)46-39-25-22-31-24-27-45(58-42-20-8-4-14-34(42)37-17-10-28-52-49(37)58)54-47(31)48(39)56-51(55-46)59-43-21-9-5-15-35(43)38-18-11-29-53-50(38)59/h1-30H. The molecule has 0 atom stereocenters. The van der Waals surface area contributed by atoms with Crippen LogP contribution in [0.4, 0.5) is 0 Å². The lowest BCUT2D eigenvalue weighted by Gasteiger charge is -2.14. The maximum atomic E-state index is 5.49. The minimum Gasteiger partial charge on any atom is -0.309 e. The molecule has 0 spiro atoms. The molecule has 8 heteroatoms. The van der Waals surface area contributed by atoms with Crippen LogP contribution in [0, 0.1) is 0 Å². The van der Waals surface area contributed by atoms with Gasteiger partial charge in [-0.25, -0.2) is 24.9 Å². The van der Waals surface area contributed by atoms with Gasteiger partial charge in [0, 0.05) is 66.7 Å². The summed E-state index contributed by atoms with van der Waals surface area (Å²) >= 11 is 0. The molecule has 0 aliphatic rings. The van der Waals surface area contributed by atoms with Gasteiger partial charge in [-0.2, -0.15) is 0 Å². The SMILES string of the molecule is c1ccc(-n2c3ccccc3c3cc(-c4nc(-n5c6ccccc6c6cccnc65)nc5c4ccc4ccc(-n6c7ccccc7c7cccnc76)nc45)ccc32)cc1. The number of nitrogens with zero attached hydrogens (tertiary/aromatic N) is 8. The largest absolute Gasteiger partial charge is 0.309 e. The van der Waals surface area contributed by atoms with Crippen LogP contribution < -0.4 is 0 Å². The van der Waals surface area contributed by atoms with Crippen molar-refractivity contribution in [1.29, 1.82) is 0 Å². The predicted molar refractivity (Wildman–Crippen MR) is 239 cm³/mol. The molecule has 59 heavy (non-hydrogen) atoms. The highest BCUT2D eigenvalue weighted by Crippen LogP contribution is 2.39. The van der Waals surface area contributed by atoms with Gasteiger partial charge in [-0.3, -0.25) is 9.13 Å². The number of hydrogen-bond donors (Lipinski definition) is 0. The highest BCUT2D eigenvalue weighted by atomic mass is 15.2. The minimum atomic E-state index is 0.530. The van der Waals surface area contributed by atoms with E-state index in [2.05, 4.69) is 171 Å². The first-order valence-electron chi connectivity index (χ1n) is 19.7. The first-order chi connectivity index (χ1) is 29.3. The molecule has 274 valence electrons. The first-order valence-corrected chi connectivity index (χ1v) is 19.7. The van der Waals surface area contributed by atoms with Crippen LogP contribution in [0.15, 0.2) is 182 Å². The van der Waals surface area contributed by atoms with Crippen molar-refractivity contribution in [1.82, 2.24) is 38.6 Å². The lowest BCUT2D eigenvalue weighted by atomic mass is 10.0. The molecule has 0 unspecified atom stereocenters. The number of para-hydroxylation sites is 4. The van der Waals surface area contributed by atoms with E-state index in [1.807, 2.05) is 24.5 Å². The van der Waals surface area contributed by atoms with Crippen LogP contribution in [-0.4, -0.2) is 38.6 Å². The predicted octanol–water partition coefficient (Wildman–Crippen LogP) is 11.9. The third-order valence-corrected chi connectivity index (χ3v) is 11.8. The fourth-order valence-electron chi connectivity index (χ4n) is 9.20. The maximum Gasteiger partial charge on any atom is 0.237 e. The summed E-state index contributed by atoms with van der Waals surface area (Å²) in [6.45, 7) is 0. The Morgan fingerprint density at radius 2 is 0.932 bits per heavy atom. The fraction of sp³-hybridized carbons (Fsp3) is 0. The second-order valence-electron chi connectivity index (χ2n) is 14.9. The monoisotopic (exact) mass is 754 g/mol. The summed E-state index contributed by atoms with van der Waals surface area (Å²) in [5.74, 6) is 1.30. The second-order valence-corrected chi connectivity index (χ2v) is 14.9. The van der Waals surface area contributed by atoms with E-state index < -0.39 is 0 Å². The van der Waals surface area contributed by atoms with Crippen molar-refractivity contribution in [2.75, 3.05) is 0 Å². The number of aromatic nitrogens is 8. The summed E-state index contributed by atoms with van der Waals surface area (Å²) in [7, 11) is 0. The molecular weight excluding hydrogens is 725 g/mol. The molecule has 7 heterocycles. The normalized spacial score (nSPS) is 12.1. The number of rotatable bonds is 4. The zero-order valence-corrected chi connectivity index (χ0v) is 31.4. The topological polar surface area (TPSA) is 79.2 Å². The van der Waals surface area contributed by atoms with Gasteiger partial charge in [0.1, 0.15) is 22.6 Å². The van der Waals surface area contributed by atoms with Crippen LogP contribution >= 0.6 is 0 Å². The van der Waals surface area contributed by atoms with Gasteiger partial charge in [0.05, 0.1) is 33.3 Å². The van der Waals surface area contributed by atoms with E-state index in [0.717, 1.165) is 105 Å². The van der Waals surface area contributed by atoms with Gasteiger partial charge in [0.15, 0.2) is 0 Å². The maximum absolute atomic E-state index is 5.49. The minimum absolute atomic E-state index is 0.530. The molecule has 6 aromatic carbocycles. The smallest absolute Gasteiger partial charge is 0.237 e. The number of pyridine rings is 3. The molecule has 13 rings (SSSR count). The van der Waals surface area contributed by atoms with Gasteiger partial charge in [-0.15, -0.1) is 0 Å². The molecule has 0 radical (unpaired) electrons. The Morgan fingerprint density at radius 1 is 0.356 bits per heavy atom. The van der Waals surface area contributed by atoms with Crippen LogP contribution in [-0.2, 0) is 0 Å². The van der Waals surface area contributed by atoms with Crippen LogP contribution in [0.1, 0.15) is 0 Å². The van der Waals surface area contributed by atoms with Crippen molar-refractivity contribution in [3.8, 4) is 28.7 Å². The van der Waals surface area contributed by atoms with Gasteiger partial charge in [0.2, 0.25) is 5.95 Å². The zero-order chi connectivity index (χ0) is 38.6. The Bertz CT molecular complexity index is 3750. The van der Waals surface area contributed by atoms with Crippen LogP contribution in [0.5, 0.6) is 0 Å². The Hall–Kier alpha value is -8.23. The average Bonchev–Trinajstić information content (AvgIpc) is 3.94. The molecule has 0 saturated carbocycles. The first kappa shape index (κ1) is 31.9. The zero-order valence-electron chi connectivity index (χ0n) is 31.4. The Kier molecular flexibility index (Phi) is 6.56. The molecule has 0 N–H and O–H groups in total. The summed E-state index contributed by atoms with van der Waals surface area (Å²) in [6, 6.07) is 59.3. The van der Waals surface area contributed by atoms with E-state index in [1.54, 1.807) is 0 Å².